The highest BCUT2D eigenvalue weighted by Crippen LogP contribution is 2.54. The van der Waals surface area contributed by atoms with E-state index in [1.165, 1.54) is 82.7 Å². The molecule has 1 atom stereocenters. The van der Waals surface area contributed by atoms with Crippen LogP contribution in [0.2, 0.25) is 0 Å². The minimum absolute atomic E-state index is 0.0976. The zero-order valence-corrected chi connectivity index (χ0v) is 25.1. The summed E-state index contributed by atoms with van der Waals surface area (Å²) in [6.07, 6.45) is 1.89. The highest BCUT2D eigenvalue weighted by molar-refractivity contribution is 6.10. The van der Waals surface area contributed by atoms with Gasteiger partial charge in [0.05, 0.1) is 26.9 Å². The average Bonchev–Trinajstić information content (AvgIpc) is 3.20. The van der Waals surface area contributed by atoms with Crippen LogP contribution < -0.4 is 9.47 Å². The van der Waals surface area contributed by atoms with Crippen molar-refractivity contribution in [3.63, 3.8) is 0 Å². The zero-order chi connectivity index (χ0) is 29.2. The molecule has 0 amide bonds. The van der Waals surface area contributed by atoms with Gasteiger partial charge in [-0.15, -0.1) is 0 Å². The van der Waals surface area contributed by atoms with E-state index in [0.717, 1.165) is 24.3 Å². The van der Waals surface area contributed by atoms with Gasteiger partial charge in [-0.2, -0.15) is 0 Å². The van der Waals surface area contributed by atoms with E-state index in [1.54, 1.807) is 14.2 Å². The fourth-order valence-corrected chi connectivity index (χ4v) is 7.32. The molecule has 1 aliphatic heterocycles. The second-order valence-electron chi connectivity index (χ2n) is 11.9. The lowest BCUT2D eigenvalue weighted by Gasteiger charge is -2.30. The summed E-state index contributed by atoms with van der Waals surface area (Å²) in [7, 11) is 3.49. The van der Waals surface area contributed by atoms with Crippen LogP contribution in [-0.4, -0.2) is 14.2 Å². The van der Waals surface area contributed by atoms with Crippen LogP contribution in [0, 0.1) is 6.92 Å². The second-order valence-corrected chi connectivity index (χ2v) is 11.9. The molecule has 0 N–H and O–H groups in total. The van der Waals surface area contributed by atoms with Gasteiger partial charge in [0.15, 0.2) is 0 Å². The van der Waals surface area contributed by atoms with Crippen LogP contribution in [0.15, 0.2) is 91.0 Å². The van der Waals surface area contributed by atoms with E-state index >= 15 is 0 Å². The Morgan fingerprint density at radius 3 is 1.84 bits per heavy atom. The number of benzene rings is 6. The molecule has 3 nitrogen and oxygen atoms in total. The van der Waals surface area contributed by atoms with E-state index in [-0.39, 0.29) is 6.10 Å². The second kappa shape index (κ2) is 10.00. The van der Waals surface area contributed by atoms with Gasteiger partial charge in [0, 0.05) is 0 Å². The van der Waals surface area contributed by atoms with E-state index in [1.807, 2.05) is 0 Å². The van der Waals surface area contributed by atoms with Gasteiger partial charge in [-0.1, -0.05) is 72.3 Å². The van der Waals surface area contributed by atoms with Crippen LogP contribution in [0.3, 0.4) is 0 Å². The fourth-order valence-electron chi connectivity index (χ4n) is 7.32. The molecule has 0 radical (unpaired) electrons. The van der Waals surface area contributed by atoms with Gasteiger partial charge in [0.1, 0.15) is 11.5 Å². The highest BCUT2D eigenvalue weighted by atomic mass is 16.5. The molecule has 0 aromatic heterocycles. The van der Waals surface area contributed by atoms with Crippen molar-refractivity contribution in [3.05, 3.63) is 119 Å². The van der Waals surface area contributed by atoms with E-state index in [0.29, 0.717) is 6.61 Å². The summed E-state index contributed by atoms with van der Waals surface area (Å²) in [4.78, 5) is 0. The van der Waals surface area contributed by atoms with Crippen molar-refractivity contribution in [2.75, 3.05) is 14.2 Å². The van der Waals surface area contributed by atoms with Crippen LogP contribution >= 0.6 is 0 Å². The largest absolute Gasteiger partial charge is 0.497 e. The van der Waals surface area contributed by atoms with E-state index in [4.69, 9.17) is 14.2 Å². The van der Waals surface area contributed by atoms with Crippen molar-refractivity contribution < 1.29 is 14.2 Å². The molecular formula is C40H34O3. The Kier molecular flexibility index (Phi) is 6.06. The molecular weight excluding hydrogens is 528 g/mol. The smallest absolute Gasteiger partial charge is 0.119 e. The van der Waals surface area contributed by atoms with Gasteiger partial charge >= 0.3 is 0 Å². The fraction of sp³-hybridized carbons (Fsp3) is 0.200. The van der Waals surface area contributed by atoms with Crippen LogP contribution in [0.5, 0.6) is 11.5 Å². The lowest BCUT2D eigenvalue weighted by Crippen LogP contribution is -2.10. The first-order chi connectivity index (χ1) is 21.0. The van der Waals surface area contributed by atoms with Crippen molar-refractivity contribution in [3.8, 4) is 44.9 Å². The summed E-state index contributed by atoms with van der Waals surface area (Å²) >= 11 is 0. The molecule has 43 heavy (non-hydrogen) atoms. The zero-order valence-electron chi connectivity index (χ0n) is 25.1. The maximum absolute atomic E-state index is 6.70. The molecule has 1 heterocycles. The summed E-state index contributed by atoms with van der Waals surface area (Å²) in [5, 5.41) is 4.86. The number of aryl methyl sites for hydroxylation is 3. The van der Waals surface area contributed by atoms with Crippen molar-refractivity contribution in [1.82, 2.24) is 0 Å². The summed E-state index contributed by atoms with van der Waals surface area (Å²) in [5.74, 6) is 1.74. The molecule has 1 aliphatic carbocycles. The molecule has 0 spiro atoms. The number of ether oxygens (including phenoxy) is 3. The summed E-state index contributed by atoms with van der Waals surface area (Å²) in [5.41, 5.74) is 14.2. The van der Waals surface area contributed by atoms with E-state index in [2.05, 4.69) is 105 Å². The van der Waals surface area contributed by atoms with Crippen LogP contribution in [0.1, 0.15) is 40.8 Å². The Balaban J connectivity index is 1.59. The molecule has 0 fully saturated rings. The number of methoxy groups -OCH3 is 2. The van der Waals surface area contributed by atoms with Gasteiger partial charge in [0.2, 0.25) is 0 Å². The Labute approximate surface area is 252 Å². The van der Waals surface area contributed by atoms with Gasteiger partial charge in [-0.3, -0.25) is 0 Å². The molecule has 6 aromatic carbocycles. The standard InChI is InChI=1S/C40H34O3/c1-23-5-7-25(8-6-23)33-19-29-13-12-28-11-9-26-15-17-31(41-3)20-34(26)37(28)39(29)40-36(33)24(2)43-22-30-14-10-27-16-18-32(42-4)21-35(27)38(30)40/h5-11,14-21,24H,12-13,22H2,1-4H3/t24-/m0/s1. The first-order valence-corrected chi connectivity index (χ1v) is 15.1. The number of fused-ring (bicyclic) bond motifs is 11. The van der Waals surface area contributed by atoms with Gasteiger partial charge in [0.25, 0.3) is 0 Å². The Morgan fingerprint density at radius 2 is 1.19 bits per heavy atom. The number of hydrogen-bond acceptors (Lipinski definition) is 3. The molecule has 6 aromatic rings. The Bertz CT molecular complexity index is 2060. The molecule has 0 unspecified atom stereocenters. The quantitative estimate of drug-likeness (QED) is 0.215. The SMILES string of the molecule is COc1ccc2ccc3c(c2c1)-c1c(cc(-c2ccc(C)cc2)c2c1-c1c(ccc4ccc(OC)cc14)CO[C@H]2C)CC3. The van der Waals surface area contributed by atoms with Crippen LogP contribution in [0.4, 0.5) is 0 Å². The normalized spacial score (nSPS) is 15.3. The topological polar surface area (TPSA) is 27.7 Å². The maximum Gasteiger partial charge on any atom is 0.119 e. The highest BCUT2D eigenvalue weighted by Gasteiger charge is 2.32. The van der Waals surface area contributed by atoms with Crippen molar-refractivity contribution in [1.29, 1.82) is 0 Å². The lowest BCUT2D eigenvalue weighted by molar-refractivity contribution is 0.0554. The van der Waals surface area contributed by atoms with Crippen LogP contribution in [0.25, 0.3) is 54.9 Å². The predicted molar refractivity (Wildman–Crippen MR) is 176 cm³/mol. The minimum Gasteiger partial charge on any atom is -0.497 e. The molecule has 3 heteroatoms. The predicted octanol–water partition coefficient (Wildman–Crippen LogP) is 10.0. The minimum atomic E-state index is -0.0976. The van der Waals surface area contributed by atoms with Crippen LogP contribution in [-0.2, 0) is 24.2 Å². The van der Waals surface area contributed by atoms with Gasteiger partial charge < -0.3 is 14.2 Å². The van der Waals surface area contributed by atoms with E-state index in [9.17, 15) is 0 Å². The first-order valence-electron chi connectivity index (χ1n) is 15.1. The van der Waals surface area contributed by atoms with Crippen molar-refractivity contribution in [2.45, 2.75) is 39.4 Å². The Hall–Kier alpha value is -4.60. The Morgan fingerprint density at radius 1 is 0.605 bits per heavy atom. The van der Waals surface area contributed by atoms with Crippen molar-refractivity contribution in [2.24, 2.45) is 0 Å². The van der Waals surface area contributed by atoms with E-state index < -0.39 is 0 Å². The molecule has 0 saturated heterocycles. The molecule has 2 aliphatic rings. The number of rotatable bonds is 3. The lowest BCUT2D eigenvalue weighted by atomic mass is 9.74. The van der Waals surface area contributed by atoms with Crippen molar-refractivity contribution >= 4 is 21.5 Å². The summed E-state index contributed by atoms with van der Waals surface area (Å²) in [6, 6.07) is 33.4. The molecule has 0 bridgehead atoms. The molecule has 8 rings (SSSR count). The third-order valence-corrected chi connectivity index (χ3v) is 9.50. The monoisotopic (exact) mass is 562 g/mol. The molecule has 212 valence electrons. The third kappa shape index (κ3) is 4.06. The molecule has 0 saturated carbocycles. The summed E-state index contributed by atoms with van der Waals surface area (Å²) in [6.45, 7) is 4.92. The number of hydrogen-bond donors (Lipinski definition) is 0. The van der Waals surface area contributed by atoms with Gasteiger partial charge in [-0.25, -0.2) is 0 Å². The maximum atomic E-state index is 6.70. The van der Waals surface area contributed by atoms with Gasteiger partial charge in [-0.05, 0) is 128 Å². The third-order valence-electron chi connectivity index (χ3n) is 9.50. The summed E-state index contributed by atoms with van der Waals surface area (Å²) < 4.78 is 18.2. The first kappa shape index (κ1) is 26.1. The average molecular weight is 563 g/mol.